The number of fused-ring (bicyclic) bond motifs is 1. The van der Waals surface area contributed by atoms with E-state index in [9.17, 15) is 18.0 Å². The van der Waals surface area contributed by atoms with Gasteiger partial charge in [-0.15, -0.1) is 0 Å². The standard InChI is InChI=1S/C26H35N3O6S/c1-17(30)9-11-21-15-29(36(32,33)24-16-28(27-18(24)2)20-7-6-8-20)22-13-19(10-12-23(22)34-21)14-25(31)35-26(3,4)5/h10,12-13,16,20-21H,6-9,11,14-15H2,1-5H3/t21-/m0/s1. The van der Waals surface area contributed by atoms with E-state index in [0.717, 1.165) is 19.3 Å². The maximum absolute atomic E-state index is 14.0. The summed E-state index contributed by atoms with van der Waals surface area (Å²) in [6, 6.07) is 5.32. The van der Waals surface area contributed by atoms with E-state index in [1.54, 1.807) is 56.8 Å². The van der Waals surface area contributed by atoms with Gasteiger partial charge >= 0.3 is 5.97 Å². The average molecular weight is 518 g/mol. The third kappa shape index (κ3) is 5.74. The normalized spacial score (nSPS) is 18.2. The van der Waals surface area contributed by atoms with Crippen molar-refractivity contribution in [2.75, 3.05) is 10.8 Å². The minimum atomic E-state index is -3.98. The molecule has 0 saturated heterocycles. The smallest absolute Gasteiger partial charge is 0.310 e. The summed E-state index contributed by atoms with van der Waals surface area (Å²) in [6.45, 7) is 8.67. The first-order valence-corrected chi connectivity index (χ1v) is 13.9. The number of anilines is 1. The zero-order valence-corrected chi connectivity index (χ0v) is 22.4. The lowest BCUT2D eigenvalue weighted by molar-refractivity contribution is -0.153. The molecule has 9 nitrogen and oxygen atoms in total. The molecule has 1 atom stereocenters. The van der Waals surface area contributed by atoms with Crippen LogP contribution in [0.15, 0.2) is 29.3 Å². The van der Waals surface area contributed by atoms with Crippen LogP contribution in [0.5, 0.6) is 5.75 Å². The van der Waals surface area contributed by atoms with E-state index >= 15 is 0 Å². The fourth-order valence-corrected chi connectivity index (χ4v) is 6.09. The maximum atomic E-state index is 14.0. The molecule has 4 rings (SSSR count). The Labute approximate surface area is 212 Å². The number of hydrogen-bond donors (Lipinski definition) is 0. The second kappa shape index (κ2) is 9.88. The summed E-state index contributed by atoms with van der Waals surface area (Å²) in [4.78, 5) is 24.2. The Hall–Kier alpha value is -2.88. The number of rotatable bonds is 8. The van der Waals surface area contributed by atoms with Crippen molar-refractivity contribution in [2.24, 2.45) is 0 Å². The molecule has 1 aromatic carbocycles. The lowest BCUT2D eigenvalue weighted by Crippen LogP contribution is -2.43. The van der Waals surface area contributed by atoms with Crippen molar-refractivity contribution in [3.8, 4) is 5.75 Å². The van der Waals surface area contributed by atoms with Crippen molar-refractivity contribution in [1.82, 2.24) is 9.78 Å². The molecule has 36 heavy (non-hydrogen) atoms. The van der Waals surface area contributed by atoms with Gasteiger partial charge in [-0.05, 0) is 78.0 Å². The Kier molecular flexibility index (Phi) is 7.19. The largest absolute Gasteiger partial charge is 0.486 e. The van der Waals surface area contributed by atoms with E-state index < -0.39 is 27.7 Å². The summed E-state index contributed by atoms with van der Waals surface area (Å²) in [7, 11) is -3.98. The molecule has 0 unspecified atom stereocenters. The van der Waals surface area contributed by atoms with Crippen LogP contribution in [-0.2, 0) is 30.8 Å². The molecular formula is C26H35N3O6S. The zero-order chi connectivity index (χ0) is 26.3. The molecule has 0 spiro atoms. The van der Waals surface area contributed by atoms with E-state index in [0.29, 0.717) is 35.5 Å². The van der Waals surface area contributed by atoms with Crippen molar-refractivity contribution < 1.29 is 27.5 Å². The lowest BCUT2D eigenvalue weighted by atomic mass is 9.93. The Balaban J connectivity index is 1.69. The summed E-state index contributed by atoms with van der Waals surface area (Å²) in [5.74, 6) is 0.0185. The van der Waals surface area contributed by atoms with Crippen molar-refractivity contribution in [2.45, 2.75) is 95.8 Å². The molecule has 10 heteroatoms. The predicted octanol–water partition coefficient (Wildman–Crippen LogP) is 4.13. The Morgan fingerprint density at radius 2 is 1.94 bits per heavy atom. The van der Waals surface area contributed by atoms with E-state index in [2.05, 4.69) is 5.10 Å². The summed E-state index contributed by atoms with van der Waals surface area (Å²) >= 11 is 0. The highest BCUT2D eigenvalue weighted by molar-refractivity contribution is 7.92. The van der Waals surface area contributed by atoms with Gasteiger partial charge in [0.2, 0.25) is 0 Å². The Morgan fingerprint density at radius 3 is 2.56 bits per heavy atom. The van der Waals surface area contributed by atoms with Crippen molar-refractivity contribution >= 4 is 27.5 Å². The van der Waals surface area contributed by atoms with Gasteiger partial charge in [0.1, 0.15) is 28.1 Å². The van der Waals surface area contributed by atoms with E-state index in [-0.39, 0.29) is 29.7 Å². The quantitative estimate of drug-likeness (QED) is 0.485. The van der Waals surface area contributed by atoms with E-state index in [1.807, 2.05) is 0 Å². The zero-order valence-electron chi connectivity index (χ0n) is 21.6. The summed E-state index contributed by atoms with van der Waals surface area (Å²) in [5, 5.41) is 4.49. The van der Waals surface area contributed by atoms with Gasteiger partial charge in [0, 0.05) is 12.6 Å². The molecule has 0 amide bonds. The number of aryl methyl sites for hydroxylation is 1. The van der Waals surface area contributed by atoms with Crippen LogP contribution in [0.3, 0.4) is 0 Å². The number of carbonyl (C=O) groups is 2. The van der Waals surface area contributed by atoms with Crippen molar-refractivity contribution in [1.29, 1.82) is 0 Å². The van der Waals surface area contributed by atoms with Gasteiger partial charge in [-0.2, -0.15) is 5.10 Å². The molecule has 1 fully saturated rings. The topological polar surface area (TPSA) is 108 Å². The molecule has 0 N–H and O–H groups in total. The van der Waals surface area contributed by atoms with Gasteiger partial charge in [0.05, 0.1) is 30.4 Å². The van der Waals surface area contributed by atoms with Crippen LogP contribution in [0, 0.1) is 6.92 Å². The third-order valence-corrected chi connectivity index (χ3v) is 8.31. The molecule has 0 radical (unpaired) electrons. The van der Waals surface area contributed by atoms with Crippen molar-refractivity contribution in [3.05, 3.63) is 35.7 Å². The second-order valence-electron chi connectivity index (χ2n) is 10.7. The summed E-state index contributed by atoms with van der Waals surface area (Å²) in [6.07, 6.45) is 4.94. The highest BCUT2D eigenvalue weighted by atomic mass is 32.2. The molecule has 1 aliphatic heterocycles. The number of aromatic nitrogens is 2. The first-order valence-electron chi connectivity index (χ1n) is 12.4. The van der Waals surface area contributed by atoms with Gasteiger partial charge in [-0.1, -0.05) is 6.07 Å². The average Bonchev–Trinajstić information content (AvgIpc) is 3.10. The van der Waals surface area contributed by atoms with E-state index in [4.69, 9.17) is 9.47 Å². The van der Waals surface area contributed by atoms with Gasteiger partial charge in [0.15, 0.2) is 0 Å². The monoisotopic (exact) mass is 517 g/mol. The Bertz CT molecular complexity index is 1260. The van der Waals surface area contributed by atoms with E-state index in [1.165, 1.54) is 11.2 Å². The Morgan fingerprint density at radius 1 is 1.22 bits per heavy atom. The predicted molar refractivity (Wildman–Crippen MR) is 135 cm³/mol. The fraction of sp³-hybridized carbons (Fsp3) is 0.577. The van der Waals surface area contributed by atoms with Crippen molar-refractivity contribution in [3.63, 3.8) is 0 Å². The highest BCUT2D eigenvalue weighted by Crippen LogP contribution is 2.40. The van der Waals surface area contributed by atoms with Crippen LogP contribution in [0.4, 0.5) is 5.69 Å². The summed E-state index contributed by atoms with van der Waals surface area (Å²) in [5.41, 5.74) is 0.813. The molecule has 1 aliphatic carbocycles. The molecule has 2 heterocycles. The molecular weight excluding hydrogens is 482 g/mol. The number of ether oxygens (including phenoxy) is 2. The molecule has 196 valence electrons. The highest BCUT2D eigenvalue weighted by Gasteiger charge is 2.37. The minimum absolute atomic E-state index is 0.00480. The molecule has 1 saturated carbocycles. The van der Waals surface area contributed by atoms with Gasteiger partial charge in [-0.25, -0.2) is 8.42 Å². The lowest BCUT2D eigenvalue weighted by Gasteiger charge is -2.35. The number of nitrogens with zero attached hydrogens (tertiary/aromatic N) is 3. The number of benzene rings is 1. The van der Waals surface area contributed by atoms with Gasteiger partial charge < -0.3 is 14.3 Å². The van der Waals surface area contributed by atoms with Crippen LogP contribution in [0.1, 0.15) is 77.1 Å². The van der Waals surface area contributed by atoms with Crippen LogP contribution >= 0.6 is 0 Å². The molecule has 2 aliphatic rings. The first-order chi connectivity index (χ1) is 16.8. The molecule has 0 bridgehead atoms. The van der Waals surface area contributed by atoms with Gasteiger partial charge in [0.25, 0.3) is 10.0 Å². The number of sulfonamides is 1. The second-order valence-corrected chi connectivity index (χ2v) is 12.6. The minimum Gasteiger partial charge on any atom is -0.486 e. The number of esters is 1. The number of carbonyl (C=O) groups excluding carboxylic acids is 2. The number of Topliss-reactive ketones (excluding diaryl/α,β-unsaturated/α-hetero) is 1. The summed E-state index contributed by atoms with van der Waals surface area (Å²) < 4.78 is 42.6. The third-order valence-electron chi connectivity index (χ3n) is 6.43. The van der Waals surface area contributed by atoms with Crippen LogP contribution in [0.2, 0.25) is 0 Å². The van der Waals surface area contributed by atoms with Crippen LogP contribution in [0.25, 0.3) is 0 Å². The molecule has 1 aromatic heterocycles. The number of hydrogen-bond acceptors (Lipinski definition) is 7. The fourth-order valence-electron chi connectivity index (χ4n) is 4.43. The van der Waals surface area contributed by atoms with Crippen LogP contribution in [-0.4, -0.2) is 48.2 Å². The number of ketones is 1. The SMILES string of the molecule is CC(=O)CC[C@H]1CN(S(=O)(=O)c2cn(C3CCC3)nc2C)c2cc(CC(=O)OC(C)(C)C)ccc2O1. The maximum Gasteiger partial charge on any atom is 0.310 e. The molecule has 2 aromatic rings. The van der Waals surface area contributed by atoms with Crippen LogP contribution < -0.4 is 9.04 Å². The first kappa shape index (κ1) is 26.2. The van der Waals surface area contributed by atoms with Gasteiger partial charge in [-0.3, -0.25) is 13.8 Å².